The van der Waals surface area contributed by atoms with Crippen molar-refractivity contribution in [3.05, 3.63) is 29.8 Å². The number of rotatable bonds is 1. The fourth-order valence-electron chi connectivity index (χ4n) is 2.94. The molecule has 0 saturated carbocycles. The number of likely N-dealkylation sites (tertiary alicyclic amines) is 1. The van der Waals surface area contributed by atoms with Crippen LogP contribution in [0.2, 0.25) is 0 Å². The van der Waals surface area contributed by atoms with E-state index in [1.165, 1.54) is 12.1 Å². The molecule has 0 N–H and O–H groups in total. The van der Waals surface area contributed by atoms with Crippen molar-refractivity contribution in [3.63, 3.8) is 0 Å². The van der Waals surface area contributed by atoms with E-state index in [4.69, 9.17) is 5.26 Å². The summed E-state index contributed by atoms with van der Waals surface area (Å²) in [6, 6.07) is 11.5. The smallest absolute Gasteiger partial charge is 0.0992 e. The van der Waals surface area contributed by atoms with Gasteiger partial charge in [-0.25, -0.2) is 0 Å². The summed E-state index contributed by atoms with van der Waals surface area (Å²) >= 11 is 0. The van der Waals surface area contributed by atoms with Gasteiger partial charge in [-0.3, -0.25) is 4.90 Å². The van der Waals surface area contributed by atoms with E-state index >= 15 is 0 Å². The number of likely N-dealkylation sites (N-methyl/N-ethyl adjacent to an activating group) is 1. The van der Waals surface area contributed by atoms with E-state index in [9.17, 15) is 0 Å². The zero-order valence-corrected chi connectivity index (χ0v) is 9.43. The minimum Gasteiger partial charge on any atom is -0.366 e. The van der Waals surface area contributed by atoms with Crippen LogP contribution < -0.4 is 4.90 Å². The van der Waals surface area contributed by atoms with Crippen molar-refractivity contribution >= 4 is 5.69 Å². The monoisotopic (exact) mass is 213 g/mol. The van der Waals surface area contributed by atoms with Crippen LogP contribution in [0.15, 0.2) is 24.3 Å². The van der Waals surface area contributed by atoms with Crippen LogP contribution in [0.1, 0.15) is 12.0 Å². The maximum atomic E-state index is 8.90. The van der Waals surface area contributed by atoms with Gasteiger partial charge in [0, 0.05) is 30.9 Å². The number of hydrogen-bond acceptors (Lipinski definition) is 3. The second kappa shape index (κ2) is 3.50. The van der Waals surface area contributed by atoms with Gasteiger partial charge in [-0.05, 0) is 31.7 Å². The predicted octanol–water partition coefficient (Wildman–Crippen LogP) is 1.45. The molecular weight excluding hydrogens is 198 g/mol. The van der Waals surface area contributed by atoms with Crippen LogP contribution in [0.25, 0.3) is 0 Å². The molecule has 0 amide bonds. The highest BCUT2D eigenvalue weighted by Crippen LogP contribution is 2.33. The molecule has 1 aromatic rings. The maximum Gasteiger partial charge on any atom is 0.0992 e. The first-order chi connectivity index (χ1) is 7.78. The Morgan fingerprint density at radius 3 is 2.81 bits per heavy atom. The van der Waals surface area contributed by atoms with Crippen molar-refractivity contribution < 1.29 is 0 Å². The third-order valence-corrected chi connectivity index (χ3v) is 3.82. The fourth-order valence-corrected chi connectivity index (χ4v) is 2.94. The van der Waals surface area contributed by atoms with E-state index in [1.54, 1.807) is 0 Å². The third-order valence-electron chi connectivity index (χ3n) is 3.82. The molecule has 2 heterocycles. The van der Waals surface area contributed by atoms with Crippen LogP contribution in [-0.4, -0.2) is 37.1 Å². The molecule has 0 aliphatic carbocycles. The van der Waals surface area contributed by atoms with Crippen LogP contribution in [0.5, 0.6) is 0 Å². The molecule has 2 fully saturated rings. The largest absolute Gasteiger partial charge is 0.366 e. The van der Waals surface area contributed by atoms with E-state index in [2.05, 4.69) is 29.0 Å². The van der Waals surface area contributed by atoms with Gasteiger partial charge in [0.1, 0.15) is 0 Å². The second-order valence-corrected chi connectivity index (χ2v) is 4.80. The van der Waals surface area contributed by atoms with Crippen LogP contribution in [0.3, 0.4) is 0 Å². The molecule has 1 aromatic carbocycles. The molecule has 0 radical (unpaired) electrons. The number of anilines is 1. The van der Waals surface area contributed by atoms with E-state index in [1.807, 2.05) is 18.2 Å². The molecule has 3 heteroatoms. The molecule has 16 heavy (non-hydrogen) atoms. The van der Waals surface area contributed by atoms with E-state index in [0.29, 0.717) is 12.1 Å². The Hall–Kier alpha value is -1.53. The van der Waals surface area contributed by atoms with Gasteiger partial charge in [0.15, 0.2) is 0 Å². The summed E-state index contributed by atoms with van der Waals surface area (Å²) in [5.74, 6) is 0. The number of hydrogen-bond donors (Lipinski definition) is 0. The van der Waals surface area contributed by atoms with Crippen molar-refractivity contribution in [2.75, 3.05) is 25.0 Å². The SMILES string of the molecule is CN1C[C@@H]2C[C@H]1CN2c1cccc(C#N)c1. The first-order valence-electron chi connectivity index (χ1n) is 5.75. The second-order valence-electron chi connectivity index (χ2n) is 4.80. The Kier molecular flexibility index (Phi) is 2.12. The van der Waals surface area contributed by atoms with Gasteiger partial charge in [-0.2, -0.15) is 5.26 Å². The highest BCUT2D eigenvalue weighted by atomic mass is 15.3. The highest BCUT2D eigenvalue weighted by Gasteiger charge is 2.41. The van der Waals surface area contributed by atoms with E-state index in [-0.39, 0.29) is 0 Å². The quantitative estimate of drug-likeness (QED) is 0.707. The predicted molar refractivity (Wildman–Crippen MR) is 63.3 cm³/mol. The summed E-state index contributed by atoms with van der Waals surface area (Å²) in [5, 5.41) is 8.90. The van der Waals surface area contributed by atoms with Gasteiger partial charge in [0.2, 0.25) is 0 Å². The van der Waals surface area contributed by atoms with Crippen LogP contribution in [0, 0.1) is 11.3 Å². The topological polar surface area (TPSA) is 30.3 Å². The molecule has 2 atom stereocenters. The molecule has 2 saturated heterocycles. The lowest BCUT2D eigenvalue weighted by atomic mass is 10.2. The molecule has 3 nitrogen and oxygen atoms in total. The molecule has 2 aliphatic heterocycles. The molecule has 0 unspecified atom stereocenters. The van der Waals surface area contributed by atoms with Gasteiger partial charge in [-0.15, -0.1) is 0 Å². The van der Waals surface area contributed by atoms with E-state index < -0.39 is 0 Å². The number of nitriles is 1. The number of piperazine rings is 1. The fraction of sp³-hybridized carbons (Fsp3) is 0.462. The first kappa shape index (κ1) is 9.68. The Balaban J connectivity index is 1.87. The Morgan fingerprint density at radius 1 is 1.31 bits per heavy atom. The summed E-state index contributed by atoms with van der Waals surface area (Å²) in [7, 11) is 2.20. The molecular formula is C13H15N3. The van der Waals surface area contributed by atoms with Crippen LogP contribution in [0.4, 0.5) is 5.69 Å². The van der Waals surface area contributed by atoms with E-state index in [0.717, 1.165) is 18.7 Å². The standard InChI is InChI=1S/C13H15N3/c1-15-8-13-6-12(15)9-16(13)11-4-2-3-10(5-11)7-14/h2-5,12-13H,6,8-9H2,1H3/t12-,13-/m0/s1. The Morgan fingerprint density at radius 2 is 2.19 bits per heavy atom. The lowest BCUT2D eigenvalue weighted by molar-refractivity contribution is 0.292. The van der Waals surface area contributed by atoms with Crippen LogP contribution in [-0.2, 0) is 0 Å². The third kappa shape index (κ3) is 1.38. The molecule has 2 bridgehead atoms. The average molecular weight is 213 g/mol. The summed E-state index contributed by atoms with van der Waals surface area (Å²) < 4.78 is 0. The van der Waals surface area contributed by atoms with Gasteiger partial charge < -0.3 is 4.90 Å². The number of fused-ring (bicyclic) bond motifs is 2. The number of benzene rings is 1. The van der Waals surface area contributed by atoms with Crippen molar-refractivity contribution in [2.45, 2.75) is 18.5 Å². The number of nitrogens with zero attached hydrogens (tertiary/aromatic N) is 3. The minimum absolute atomic E-state index is 0.643. The van der Waals surface area contributed by atoms with Gasteiger partial charge >= 0.3 is 0 Å². The first-order valence-corrected chi connectivity index (χ1v) is 5.75. The molecule has 3 rings (SSSR count). The molecule has 0 aromatic heterocycles. The summed E-state index contributed by atoms with van der Waals surface area (Å²) in [4.78, 5) is 4.89. The maximum absolute atomic E-state index is 8.90. The van der Waals surface area contributed by atoms with Crippen molar-refractivity contribution in [1.82, 2.24) is 4.90 Å². The molecule has 2 aliphatic rings. The van der Waals surface area contributed by atoms with Gasteiger partial charge in [0.25, 0.3) is 0 Å². The van der Waals surface area contributed by atoms with Gasteiger partial charge in [0.05, 0.1) is 11.6 Å². The zero-order valence-electron chi connectivity index (χ0n) is 9.43. The lowest BCUT2D eigenvalue weighted by Crippen LogP contribution is -2.44. The Bertz CT molecular complexity index is 447. The summed E-state index contributed by atoms with van der Waals surface area (Å²) in [6.45, 7) is 2.26. The van der Waals surface area contributed by atoms with Crippen molar-refractivity contribution in [1.29, 1.82) is 5.26 Å². The lowest BCUT2D eigenvalue weighted by Gasteiger charge is -2.33. The molecule has 0 spiro atoms. The zero-order chi connectivity index (χ0) is 11.1. The molecule has 82 valence electrons. The van der Waals surface area contributed by atoms with Crippen molar-refractivity contribution in [3.8, 4) is 6.07 Å². The Labute approximate surface area is 95.9 Å². The van der Waals surface area contributed by atoms with Gasteiger partial charge in [-0.1, -0.05) is 6.07 Å². The summed E-state index contributed by atoms with van der Waals surface area (Å²) in [5.41, 5.74) is 1.97. The normalized spacial score (nSPS) is 28.4. The minimum atomic E-state index is 0.643. The van der Waals surface area contributed by atoms with Crippen molar-refractivity contribution in [2.24, 2.45) is 0 Å². The average Bonchev–Trinajstić information content (AvgIpc) is 2.88. The van der Waals surface area contributed by atoms with Crippen LogP contribution >= 0.6 is 0 Å². The highest BCUT2D eigenvalue weighted by molar-refractivity contribution is 5.54. The summed E-state index contributed by atoms with van der Waals surface area (Å²) in [6.07, 6.45) is 1.27.